The average Bonchev–Trinajstić information content (AvgIpc) is 2.94. The van der Waals surface area contributed by atoms with Crippen molar-refractivity contribution >= 4 is 17.6 Å². The van der Waals surface area contributed by atoms with E-state index in [1.165, 1.54) is 12.1 Å². The van der Waals surface area contributed by atoms with E-state index in [0.29, 0.717) is 30.4 Å². The fraction of sp³-hybridized carbons (Fsp3) is 0.423. The third-order valence-corrected chi connectivity index (χ3v) is 7.95. The maximum Gasteiger partial charge on any atom is 0.338 e. The zero-order valence-electron chi connectivity index (χ0n) is 18.3. The first-order chi connectivity index (χ1) is 16.3. The van der Waals surface area contributed by atoms with Gasteiger partial charge in [0, 0.05) is 23.3 Å². The van der Waals surface area contributed by atoms with Crippen LogP contribution in [0.2, 0.25) is 0 Å². The number of aromatic carboxylic acids is 1. The lowest BCUT2D eigenvalue weighted by Crippen LogP contribution is -2.55. The highest BCUT2D eigenvalue weighted by Crippen LogP contribution is 2.46. The van der Waals surface area contributed by atoms with Crippen LogP contribution in [0.1, 0.15) is 34.3 Å². The molecule has 0 spiro atoms. The summed E-state index contributed by atoms with van der Waals surface area (Å²) in [6, 6.07) is 9.25. The molecule has 0 bridgehead atoms. The van der Waals surface area contributed by atoms with Crippen LogP contribution in [0.5, 0.6) is 5.75 Å². The summed E-state index contributed by atoms with van der Waals surface area (Å²) in [6.07, 6.45) is 3.86. The predicted molar refractivity (Wildman–Crippen MR) is 121 cm³/mol. The van der Waals surface area contributed by atoms with Crippen LogP contribution >= 0.6 is 11.6 Å². The summed E-state index contributed by atoms with van der Waals surface area (Å²) >= 11 is 6.66. The Morgan fingerprint density at radius 1 is 1.21 bits per heavy atom. The molecule has 5 atom stereocenters. The molecule has 5 rings (SSSR count). The molecule has 1 saturated heterocycles. The van der Waals surface area contributed by atoms with Crippen molar-refractivity contribution in [3.8, 4) is 5.75 Å². The summed E-state index contributed by atoms with van der Waals surface area (Å²) in [7, 11) is 0. The van der Waals surface area contributed by atoms with Crippen molar-refractivity contribution in [2.24, 2.45) is 11.8 Å². The van der Waals surface area contributed by atoms with Crippen molar-refractivity contribution in [1.82, 2.24) is 0 Å². The lowest BCUT2D eigenvalue weighted by molar-refractivity contribution is -0.107. The number of ether oxygens (including phenoxy) is 2. The van der Waals surface area contributed by atoms with Gasteiger partial charge in [0.05, 0.1) is 30.3 Å². The summed E-state index contributed by atoms with van der Waals surface area (Å²) in [5.41, 5.74) is -0.217. The van der Waals surface area contributed by atoms with Crippen molar-refractivity contribution in [2.45, 2.75) is 42.3 Å². The van der Waals surface area contributed by atoms with Gasteiger partial charge in [-0.25, -0.2) is 13.6 Å². The van der Waals surface area contributed by atoms with Gasteiger partial charge in [0.25, 0.3) is 0 Å². The van der Waals surface area contributed by atoms with E-state index in [0.717, 1.165) is 0 Å². The maximum atomic E-state index is 14.8. The Morgan fingerprint density at radius 3 is 2.65 bits per heavy atom. The van der Waals surface area contributed by atoms with Gasteiger partial charge < -0.3 is 19.7 Å². The van der Waals surface area contributed by atoms with Gasteiger partial charge in [-0.2, -0.15) is 0 Å². The molecule has 34 heavy (non-hydrogen) atoms. The number of allylic oxidation sites excluding steroid dienone is 1. The summed E-state index contributed by atoms with van der Waals surface area (Å²) in [6.45, 7) is 0.425. The zero-order chi connectivity index (χ0) is 24.0. The number of aliphatic hydroxyl groups excluding tert-OH is 1. The van der Waals surface area contributed by atoms with Gasteiger partial charge in [-0.3, -0.25) is 0 Å². The molecule has 2 N–H and O–H groups in total. The molecular weight excluding hydrogens is 466 g/mol. The summed E-state index contributed by atoms with van der Waals surface area (Å²) in [5.74, 6) is -2.77. The van der Waals surface area contributed by atoms with Crippen molar-refractivity contribution in [3.05, 3.63) is 76.9 Å². The molecule has 1 unspecified atom stereocenters. The lowest BCUT2D eigenvalue weighted by Gasteiger charge is -2.44. The van der Waals surface area contributed by atoms with E-state index in [1.807, 2.05) is 6.08 Å². The third-order valence-electron chi connectivity index (χ3n) is 7.48. The Kier molecular flexibility index (Phi) is 6.12. The Balaban J connectivity index is 1.37. The van der Waals surface area contributed by atoms with Crippen LogP contribution < -0.4 is 4.74 Å². The lowest BCUT2D eigenvalue weighted by atomic mass is 9.73. The first kappa shape index (κ1) is 23.3. The number of carboxylic acids is 1. The number of alkyl halides is 1. The van der Waals surface area contributed by atoms with E-state index in [4.69, 9.17) is 21.1 Å². The van der Waals surface area contributed by atoms with Crippen LogP contribution in [0.3, 0.4) is 0 Å². The number of carbonyl (C=O) groups is 1. The Bertz CT molecular complexity index is 1130. The monoisotopic (exact) mass is 490 g/mol. The molecule has 2 aromatic rings. The van der Waals surface area contributed by atoms with Crippen LogP contribution in [0.25, 0.3) is 0 Å². The molecule has 0 aromatic heterocycles. The highest BCUT2D eigenvalue weighted by Gasteiger charge is 2.48. The third kappa shape index (κ3) is 3.80. The predicted octanol–water partition coefficient (Wildman–Crippen LogP) is 4.49. The van der Waals surface area contributed by atoms with Gasteiger partial charge in [-0.15, -0.1) is 11.6 Å². The van der Waals surface area contributed by atoms with Crippen molar-refractivity contribution in [2.75, 3.05) is 13.2 Å². The fourth-order valence-corrected chi connectivity index (χ4v) is 5.94. The van der Waals surface area contributed by atoms with Gasteiger partial charge in [0.1, 0.15) is 11.9 Å². The van der Waals surface area contributed by atoms with Crippen LogP contribution in [-0.2, 0) is 16.6 Å². The second-order valence-electron chi connectivity index (χ2n) is 9.37. The number of fused-ring (bicyclic) bond motifs is 2. The molecule has 2 fully saturated rings. The van der Waals surface area contributed by atoms with E-state index in [9.17, 15) is 23.8 Å². The van der Waals surface area contributed by atoms with E-state index in [1.54, 1.807) is 30.3 Å². The summed E-state index contributed by atoms with van der Waals surface area (Å²) in [4.78, 5) is 11.3. The minimum atomic E-state index is -1.34. The van der Waals surface area contributed by atoms with Gasteiger partial charge in [-0.1, -0.05) is 36.4 Å². The van der Waals surface area contributed by atoms with Gasteiger partial charge in [0.2, 0.25) is 0 Å². The molecule has 2 aromatic carbocycles. The van der Waals surface area contributed by atoms with Crippen molar-refractivity contribution in [3.63, 3.8) is 0 Å². The molecule has 1 saturated carbocycles. The standard InChI is InChI=1S/C26H25ClF2O5/c27-19-11-21-16(7-5-14-6-8-17(25(31)32)23(29)24(14)34-21)15(19)9-10-22(30)26(12-33-13-26)18-3-1-2-4-20(18)28/h1-4,6,8-10,15-16,19,21-22,30H,5,7,11-13H2,(H,31,32)/b10-9+/t15-,16-,19-,21+,22?/m1/s1. The number of aliphatic hydroxyl groups is 1. The van der Waals surface area contributed by atoms with Crippen LogP contribution in [-0.4, -0.2) is 47.0 Å². The van der Waals surface area contributed by atoms with Gasteiger partial charge >= 0.3 is 5.97 Å². The number of aryl methyl sites for hydroxylation is 1. The molecule has 5 nitrogen and oxygen atoms in total. The minimum Gasteiger partial charge on any atom is -0.487 e. The Hall–Kier alpha value is -2.48. The summed E-state index contributed by atoms with van der Waals surface area (Å²) < 4.78 is 40.7. The van der Waals surface area contributed by atoms with Crippen LogP contribution in [0.15, 0.2) is 48.6 Å². The molecular formula is C26H25ClF2O5. The largest absolute Gasteiger partial charge is 0.487 e. The SMILES string of the molecule is O=C(O)c1ccc2c(c1F)O[C@H]1C[C@@H](Cl)[C@H](/C=C/C(O)C3(c4ccccc4F)COC3)[C@H]1CC2. The number of carboxylic acid groups (broad SMARTS) is 1. The molecule has 2 heterocycles. The van der Waals surface area contributed by atoms with Crippen LogP contribution in [0.4, 0.5) is 8.78 Å². The second-order valence-corrected chi connectivity index (χ2v) is 9.93. The topological polar surface area (TPSA) is 76.0 Å². The molecule has 0 radical (unpaired) electrons. The molecule has 3 aliphatic rings. The highest BCUT2D eigenvalue weighted by atomic mass is 35.5. The van der Waals surface area contributed by atoms with E-state index >= 15 is 0 Å². The average molecular weight is 491 g/mol. The molecule has 0 amide bonds. The quantitative estimate of drug-likeness (QED) is 0.477. The maximum absolute atomic E-state index is 14.8. The van der Waals surface area contributed by atoms with Crippen LogP contribution in [0, 0.1) is 23.5 Å². The van der Waals surface area contributed by atoms with E-state index in [2.05, 4.69) is 0 Å². The van der Waals surface area contributed by atoms with E-state index in [-0.39, 0.29) is 48.1 Å². The fourth-order valence-electron chi connectivity index (χ4n) is 5.50. The number of halogens is 3. The second kappa shape index (κ2) is 8.95. The number of benzene rings is 2. The number of hydrogen-bond acceptors (Lipinski definition) is 4. The zero-order valence-corrected chi connectivity index (χ0v) is 19.1. The molecule has 1 aliphatic carbocycles. The molecule has 180 valence electrons. The first-order valence-electron chi connectivity index (χ1n) is 11.4. The smallest absolute Gasteiger partial charge is 0.338 e. The summed E-state index contributed by atoms with van der Waals surface area (Å²) in [5, 5.41) is 20.0. The molecule has 2 aliphatic heterocycles. The Morgan fingerprint density at radius 2 is 1.97 bits per heavy atom. The van der Waals surface area contributed by atoms with Crippen molar-refractivity contribution < 1.29 is 33.3 Å². The van der Waals surface area contributed by atoms with Gasteiger partial charge in [-0.05, 0) is 36.5 Å². The first-order valence-corrected chi connectivity index (χ1v) is 11.8. The number of rotatable bonds is 5. The van der Waals surface area contributed by atoms with Crippen molar-refractivity contribution in [1.29, 1.82) is 0 Å². The Labute approximate surface area is 201 Å². The highest BCUT2D eigenvalue weighted by molar-refractivity contribution is 6.21. The minimum absolute atomic E-state index is 0.00828. The molecule has 8 heteroatoms. The van der Waals surface area contributed by atoms with E-state index < -0.39 is 28.9 Å². The number of hydrogen-bond donors (Lipinski definition) is 2. The normalized spacial score (nSPS) is 28.4. The van der Waals surface area contributed by atoms with Gasteiger partial charge in [0.15, 0.2) is 11.6 Å².